The lowest BCUT2D eigenvalue weighted by Crippen LogP contribution is -2.55. The lowest BCUT2D eigenvalue weighted by atomic mass is 9.75. The van der Waals surface area contributed by atoms with E-state index in [1.54, 1.807) is 13.3 Å². The van der Waals surface area contributed by atoms with E-state index in [1.165, 1.54) is 0 Å². The summed E-state index contributed by atoms with van der Waals surface area (Å²) in [7, 11) is 1.59. The summed E-state index contributed by atoms with van der Waals surface area (Å²) in [5.74, 6) is 0.833. The highest BCUT2D eigenvalue weighted by atomic mass is 16.5. The van der Waals surface area contributed by atoms with Crippen LogP contribution >= 0.6 is 0 Å². The summed E-state index contributed by atoms with van der Waals surface area (Å²) in [6, 6.07) is 3.63. The highest BCUT2D eigenvalue weighted by Crippen LogP contribution is 2.38. The Morgan fingerprint density at radius 2 is 2.04 bits per heavy atom. The van der Waals surface area contributed by atoms with Crippen molar-refractivity contribution in [2.24, 2.45) is 5.92 Å². The third-order valence-corrected chi connectivity index (χ3v) is 5.69. The zero-order chi connectivity index (χ0) is 18.0. The molecule has 1 saturated carbocycles. The summed E-state index contributed by atoms with van der Waals surface area (Å²) in [6.45, 7) is 5.92. The molecule has 1 atom stereocenters. The van der Waals surface area contributed by atoms with Gasteiger partial charge < -0.3 is 15.2 Å². The molecule has 1 amide bonds. The standard InChI is InChI=1S/C19H29N3O3/c1-19(2,22-8-4-5-9-22)18(24)21-17(14-10-15(23)11-14)13-6-7-16(25-3)20-12-13/h6-7,12,14-15,17,23H,4-5,8-11H2,1-3H3,(H,21,24). The van der Waals surface area contributed by atoms with E-state index >= 15 is 0 Å². The van der Waals surface area contributed by atoms with Gasteiger partial charge in [-0.3, -0.25) is 9.69 Å². The number of carbonyl (C=O) groups excluding carboxylic acids is 1. The van der Waals surface area contributed by atoms with Crippen LogP contribution in [-0.2, 0) is 4.79 Å². The zero-order valence-electron chi connectivity index (χ0n) is 15.4. The molecule has 0 radical (unpaired) electrons. The van der Waals surface area contributed by atoms with Crippen LogP contribution in [0.25, 0.3) is 0 Å². The first kappa shape index (κ1) is 18.1. The van der Waals surface area contributed by atoms with E-state index in [1.807, 2.05) is 26.0 Å². The van der Waals surface area contributed by atoms with Crippen molar-refractivity contribution in [3.05, 3.63) is 23.9 Å². The number of aliphatic hydroxyl groups is 1. The summed E-state index contributed by atoms with van der Waals surface area (Å²) in [6.07, 6.45) is 5.22. The summed E-state index contributed by atoms with van der Waals surface area (Å²) in [5, 5.41) is 12.9. The van der Waals surface area contributed by atoms with Crippen molar-refractivity contribution in [3.63, 3.8) is 0 Å². The van der Waals surface area contributed by atoms with Gasteiger partial charge in [-0.15, -0.1) is 0 Å². The van der Waals surface area contributed by atoms with Gasteiger partial charge in [0.25, 0.3) is 0 Å². The van der Waals surface area contributed by atoms with Gasteiger partial charge in [0.2, 0.25) is 11.8 Å². The molecule has 2 N–H and O–H groups in total. The normalized spacial score (nSPS) is 25.3. The number of aliphatic hydroxyl groups excluding tert-OH is 1. The number of methoxy groups -OCH3 is 1. The average molecular weight is 347 g/mol. The Hall–Kier alpha value is -1.66. The SMILES string of the molecule is COc1ccc(C(NC(=O)C(C)(C)N2CCCC2)C2CC(O)C2)cn1. The number of pyridine rings is 1. The first-order valence-corrected chi connectivity index (χ1v) is 9.16. The Bertz CT molecular complexity index is 590. The molecule has 1 aromatic rings. The number of hydrogen-bond acceptors (Lipinski definition) is 5. The number of ether oxygens (including phenoxy) is 1. The Balaban J connectivity index is 1.76. The average Bonchev–Trinajstić information content (AvgIpc) is 3.12. The number of nitrogens with zero attached hydrogens (tertiary/aromatic N) is 2. The van der Waals surface area contributed by atoms with Crippen molar-refractivity contribution in [1.29, 1.82) is 0 Å². The molecule has 1 aliphatic heterocycles. The van der Waals surface area contributed by atoms with Crippen LogP contribution in [0.5, 0.6) is 5.88 Å². The van der Waals surface area contributed by atoms with Gasteiger partial charge in [0.05, 0.1) is 24.8 Å². The van der Waals surface area contributed by atoms with E-state index in [0.29, 0.717) is 18.7 Å². The third kappa shape index (κ3) is 3.80. The van der Waals surface area contributed by atoms with Crippen LogP contribution in [0.15, 0.2) is 18.3 Å². The van der Waals surface area contributed by atoms with Gasteiger partial charge in [0.15, 0.2) is 0 Å². The second-order valence-corrected chi connectivity index (χ2v) is 7.72. The highest BCUT2D eigenvalue weighted by Gasteiger charge is 2.41. The number of nitrogens with one attached hydrogen (secondary N) is 1. The van der Waals surface area contributed by atoms with Gasteiger partial charge in [0, 0.05) is 12.3 Å². The molecule has 1 aromatic heterocycles. The molecular weight excluding hydrogens is 318 g/mol. The van der Waals surface area contributed by atoms with Crippen molar-refractivity contribution < 1.29 is 14.6 Å². The second kappa shape index (κ2) is 7.30. The van der Waals surface area contributed by atoms with Crippen LogP contribution in [0.1, 0.15) is 51.1 Å². The van der Waals surface area contributed by atoms with Gasteiger partial charge in [0.1, 0.15) is 0 Å². The first-order valence-electron chi connectivity index (χ1n) is 9.16. The van der Waals surface area contributed by atoms with Crippen LogP contribution in [0.2, 0.25) is 0 Å². The van der Waals surface area contributed by atoms with Crippen molar-refractivity contribution in [3.8, 4) is 5.88 Å². The van der Waals surface area contributed by atoms with Gasteiger partial charge in [-0.05, 0) is 64.1 Å². The van der Waals surface area contributed by atoms with Crippen molar-refractivity contribution >= 4 is 5.91 Å². The highest BCUT2D eigenvalue weighted by molar-refractivity contribution is 5.85. The molecule has 0 spiro atoms. The molecule has 25 heavy (non-hydrogen) atoms. The maximum Gasteiger partial charge on any atom is 0.240 e. The molecule has 138 valence electrons. The Morgan fingerprint density at radius 3 is 2.56 bits per heavy atom. The molecule has 2 fully saturated rings. The van der Waals surface area contributed by atoms with E-state index in [-0.39, 0.29) is 24.0 Å². The lowest BCUT2D eigenvalue weighted by Gasteiger charge is -2.41. The number of amides is 1. The number of rotatable bonds is 6. The van der Waals surface area contributed by atoms with Gasteiger partial charge in [-0.2, -0.15) is 0 Å². The summed E-state index contributed by atoms with van der Waals surface area (Å²) >= 11 is 0. The van der Waals surface area contributed by atoms with E-state index in [4.69, 9.17) is 4.74 Å². The van der Waals surface area contributed by atoms with Crippen molar-refractivity contribution in [1.82, 2.24) is 15.2 Å². The molecule has 2 heterocycles. The molecule has 2 aliphatic rings. The molecule has 0 bridgehead atoms. The number of hydrogen-bond donors (Lipinski definition) is 2. The Kier molecular flexibility index (Phi) is 5.29. The maximum absolute atomic E-state index is 13.0. The quantitative estimate of drug-likeness (QED) is 0.822. The molecular formula is C19H29N3O3. The minimum Gasteiger partial charge on any atom is -0.481 e. The van der Waals surface area contributed by atoms with Gasteiger partial charge >= 0.3 is 0 Å². The zero-order valence-corrected chi connectivity index (χ0v) is 15.4. The fraction of sp³-hybridized carbons (Fsp3) is 0.684. The molecule has 0 aromatic carbocycles. The predicted molar refractivity (Wildman–Crippen MR) is 95.3 cm³/mol. The van der Waals surface area contributed by atoms with Crippen LogP contribution in [0, 0.1) is 5.92 Å². The summed E-state index contributed by atoms with van der Waals surface area (Å²) in [5.41, 5.74) is 0.431. The number of aromatic nitrogens is 1. The van der Waals surface area contributed by atoms with E-state index < -0.39 is 5.54 Å². The fourth-order valence-corrected chi connectivity index (χ4v) is 3.81. The van der Waals surface area contributed by atoms with E-state index in [9.17, 15) is 9.90 Å². The molecule has 6 nitrogen and oxygen atoms in total. The first-order chi connectivity index (χ1) is 11.9. The minimum absolute atomic E-state index is 0.0385. The van der Waals surface area contributed by atoms with E-state index in [2.05, 4.69) is 15.2 Å². The minimum atomic E-state index is -0.531. The van der Waals surface area contributed by atoms with Crippen molar-refractivity contribution in [2.45, 2.75) is 57.2 Å². The van der Waals surface area contributed by atoms with Gasteiger partial charge in [-0.25, -0.2) is 4.98 Å². The molecule has 1 saturated heterocycles. The Labute approximate surface area is 149 Å². The van der Waals surface area contributed by atoms with Gasteiger partial charge in [-0.1, -0.05) is 6.07 Å². The van der Waals surface area contributed by atoms with E-state index in [0.717, 1.165) is 31.5 Å². The molecule has 3 rings (SSSR count). The molecule has 1 aliphatic carbocycles. The second-order valence-electron chi connectivity index (χ2n) is 7.72. The molecule has 6 heteroatoms. The lowest BCUT2D eigenvalue weighted by molar-refractivity contribution is -0.133. The topological polar surface area (TPSA) is 74.7 Å². The molecule has 1 unspecified atom stereocenters. The van der Waals surface area contributed by atoms with Crippen LogP contribution in [0.4, 0.5) is 0 Å². The number of carbonyl (C=O) groups is 1. The summed E-state index contributed by atoms with van der Waals surface area (Å²) < 4.78 is 5.12. The predicted octanol–water partition coefficient (Wildman–Crippen LogP) is 1.89. The van der Waals surface area contributed by atoms with Crippen LogP contribution in [-0.4, -0.2) is 52.7 Å². The Morgan fingerprint density at radius 1 is 1.36 bits per heavy atom. The third-order valence-electron chi connectivity index (χ3n) is 5.69. The largest absolute Gasteiger partial charge is 0.481 e. The van der Waals surface area contributed by atoms with Crippen molar-refractivity contribution in [2.75, 3.05) is 20.2 Å². The van der Waals surface area contributed by atoms with Crippen LogP contribution in [0.3, 0.4) is 0 Å². The monoisotopic (exact) mass is 347 g/mol. The summed E-state index contributed by atoms with van der Waals surface area (Å²) in [4.78, 5) is 19.6. The fourth-order valence-electron chi connectivity index (χ4n) is 3.81. The number of likely N-dealkylation sites (tertiary alicyclic amines) is 1. The maximum atomic E-state index is 13.0. The smallest absolute Gasteiger partial charge is 0.240 e. The van der Waals surface area contributed by atoms with Crippen LogP contribution < -0.4 is 10.1 Å².